The average Bonchev–Trinajstić information content (AvgIpc) is 3.16. The molecule has 2 amide bonds. The van der Waals surface area contributed by atoms with E-state index in [-0.39, 0.29) is 23.4 Å². The number of anilines is 2. The number of halogens is 2. The molecule has 0 saturated heterocycles. The average molecular weight is 769 g/mol. The highest BCUT2D eigenvalue weighted by atomic mass is 35.5. The van der Waals surface area contributed by atoms with Gasteiger partial charge in [-0.3, -0.25) is 24.5 Å². The zero-order valence-electron chi connectivity index (χ0n) is 27.9. The molecule has 0 aliphatic heterocycles. The van der Waals surface area contributed by atoms with Crippen molar-refractivity contribution in [2.75, 3.05) is 16.9 Å². The van der Waals surface area contributed by atoms with Crippen LogP contribution in [0, 0.1) is 0 Å². The Kier molecular flexibility index (Phi) is 12.5. The number of oxime groups is 1. The Morgan fingerprint density at radius 2 is 1.19 bits per heavy atom. The minimum absolute atomic E-state index is 0.0188. The maximum Gasteiger partial charge on any atom is 0.257 e. The molecule has 3 heterocycles. The maximum atomic E-state index is 12.4. The van der Waals surface area contributed by atoms with Crippen LogP contribution < -0.4 is 16.4 Å². The molecule has 268 valence electrons. The van der Waals surface area contributed by atoms with Gasteiger partial charge in [-0.2, -0.15) is 0 Å². The SMILES string of the molecule is CS(=O)(=O)Cc1ccc(C(=O)Nc2ccc(Cl)c(-c3ccccn3)c2)cn1.NC(=NO)c1ccc(C(=O)Nc2ccc(Cl)c(-c3ccccn3)c2)cc1. The number of sulfone groups is 1. The first-order chi connectivity index (χ1) is 25.4. The molecule has 0 aliphatic rings. The minimum Gasteiger partial charge on any atom is -0.409 e. The van der Waals surface area contributed by atoms with Gasteiger partial charge in [0.25, 0.3) is 11.8 Å². The predicted octanol–water partition coefficient (Wildman–Crippen LogP) is 7.34. The summed E-state index contributed by atoms with van der Waals surface area (Å²) in [5.74, 6) is -0.831. The van der Waals surface area contributed by atoms with Crippen LogP contribution >= 0.6 is 23.2 Å². The molecule has 12 nitrogen and oxygen atoms in total. The lowest BCUT2D eigenvalue weighted by molar-refractivity contribution is 0.101. The van der Waals surface area contributed by atoms with E-state index in [1.807, 2.05) is 36.4 Å². The van der Waals surface area contributed by atoms with Crippen molar-refractivity contribution >= 4 is 62.1 Å². The predicted molar refractivity (Wildman–Crippen MR) is 207 cm³/mol. The first-order valence-electron chi connectivity index (χ1n) is 15.7. The number of hydrogen-bond donors (Lipinski definition) is 4. The van der Waals surface area contributed by atoms with Crippen LogP contribution in [0.15, 0.2) is 133 Å². The van der Waals surface area contributed by atoms with E-state index in [0.717, 1.165) is 17.5 Å². The molecular weight excluding hydrogens is 737 g/mol. The van der Waals surface area contributed by atoms with Gasteiger partial charge in [0, 0.05) is 58.5 Å². The van der Waals surface area contributed by atoms with Gasteiger partial charge in [-0.05, 0) is 84.9 Å². The fourth-order valence-corrected chi connectivity index (χ4v) is 5.95. The molecule has 3 aromatic heterocycles. The van der Waals surface area contributed by atoms with Crippen molar-refractivity contribution in [2.45, 2.75) is 5.75 Å². The van der Waals surface area contributed by atoms with Gasteiger partial charge < -0.3 is 21.6 Å². The third-order valence-electron chi connectivity index (χ3n) is 7.38. The number of nitrogens with two attached hydrogens (primary N) is 1. The Hall–Kier alpha value is -6.15. The largest absolute Gasteiger partial charge is 0.409 e. The number of pyridine rings is 3. The van der Waals surface area contributed by atoms with Gasteiger partial charge in [0.2, 0.25) is 0 Å². The lowest BCUT2D eigenvalue weighted by atomic mass is 10.1. The molecule has 0 saturated carbocycles. The Morgan fingerprint density at radius 3 is 1.62 bits per heavy atom. The Balaban J connectivity index is 0.000000204. The summed E-state index contributed by atoms with van der Waals surface area (Å²) in [5, 5.41) is 18.3. The lowest BCUT2D eigenvalue weighted by Crippen LogP contribution is -2.15. The number of carbonyl (C=O) groups excluding carboxylic acids is 2. The normalized spacial score (nSPS) is 11.2. The molecule has 0 radical (unpaired) electrons. The molecule has 0 spiro atoms. The quantitative estimate of drug-likeness (QED) is 0.0505. The van der Waals surface area contributed by atoms with E-state index >= 15 is 0 Å². The number of rotatable bonds is 9. The minimum atomic E-state index is -3.18. The standard InChI is InChI=1S/C19H15ClN4O2.C19H16ClN3O3S/c20-16-9-8-14(11-15(16)17-3-1-2-10-22-17)23-19(25)13-6-4-12(5-7-13)18(21)24-26;1-27(25,26)12-15-6-5-13(11-22-15)19(24)23-14-7-8-17(20)16(10-14)18-4-2-3-9-21-18/h1-11,26H,(H2,21,24)(H,23,25);2-11H,12H2,1H3,(H,23,24). The molecule has 3 aromatic carbocycles. The highest BCUT2D eigenvalue weighted by molar-refractivity contribution is 7.89. The summed E-state index contributed by atoms with van der Waals surface area (Å²) in [6, 6.07) is 30.8. The number of nitrogens with one attached hydrogen (secondary N) is 2. The second-order valence-electron chi connectivity index (χ2n) is 11.4. The van der Waals surface area contributed by atoms with Crippen LogP contribution in [0.5, 0.6) is 0 Å². The Bertz CT molecular complexity index is 2360. The van der Waals surface area contributed by atoms with Gasteiger partial charge in [0.15, 0.2) is 15.7 Å². The third kappa shape index (κ3) is 10.7. The van der Waals surface area contributed by atoms with Crippen LogP contribution in [0.4, 0.5) is 11.4 Å². The molecule has 0 unspecified atom stereocenters. The highest BCUT2D eigenvalue weighted by Crippen LogP contribution is 2.30. The second-order valence-corrected chi connectivity index (χ2v) is 14.4. The fraction of sp³-hybridized carbons (Fsp3) is 0.0526. The van der Waals surface area contributed by atoms with E-state index < -0.39 is 9.84 Å². The number of amidine groups is 1. The summed E-state index contributed by atoms with van der Waals surface area (Å²) in [7, 11) is -3.18. The lowest BCUT2D eigenvalue weighted by Gasteiger charge is -2.09. The Morgan fingerprint density at radius 1 is 0.698 bits per heavy atom. The van der Waals surface area contributed by atoms with Crippen LogP contribution in [0.3, 0.4) is 0 Å². The van der Waals surface area contributed by atoms with Crippen molar-refractivity contribution in [1.29, 1.82) is 0 Å². The van der Waals surface area contributed by atoms with Crippen LogP contribution in [0.1, 0.15) is 32.0 Å². The first kappa shape index (κ1) is 38.1. The molecule has 6 aromatic rings. The van der Waals surface area contributed by atoms with E-state index in [0.29, 0.717) is 55.1 Å². The van der Waals surface area contributed by atoms with E-state index in [1.165, 1.54) is 12.3 Å². The topological polar surface area (TPSA) is 190 Å². The van der Waals surface area contributed by atoms with Crippen LogP contribution in [-0.2, 0) is 15.6 Å². The van der Waals surface area contributed by atoms with Crippen LogP contribution in [0.25, 0.3) is 22.5 Å². The zero-order valence-corrected chi connectivity index (χ0v) is 30.3. The van der Waals surface area contributed by atoms with Crippen molar-refractivity contribution in [1.82, 2.24) is 15.0 Å². The number of carbonyl (C=O) groups is 2. The summed E-state index contributed by atoms with van der Waals surface area (Å²) >= 11 is 12.5. The number of hydrogen-bond acceptors (Lipinski definition) is 9. The molecule has 6 rings (SSSR count). The summed E-state index contributed by atoms with van der Waals surface area (Å²) in [6.07, 6.45) is 5.83. The number of nitrogens with zero attached hydrogens (tertiary/aromatic N) is 4. The van der Waals surface area contributed by atoms with Gasteiger partial charge >= 0.3 is 0 Å². The van der Waals surface area contributed by atoms with E-state index in [9.17, 15) is 18.0 Å². The third-order valence-corrected chi connectivity index (χ3v) is 8.86. The monoisotopic (exact) mass is 767 g/mol. The van der Waals surface area contributed by atoms with Gasteiger partial charge in [0.1, 0.15) is 0 Å². The van der Waals surface area contributed by atoms with E-state index in [2.05, 4.69) is 30.7 Å². The molecular formula is C38H31Cl2N7O5S. The summed E-state index contributed by atoms with van der Waals surface area (Å²) in [4.78, 5) is 37.4. The van der Waals surface area contributed by atoms with Crippen LogP contribution in [0.2, 0.25) is 10.0 Å². The van der Waals surface area contributed by atoms with Crippen molar-refractivity contribution < 1.29 is 23.2 Å². The summed E-state index contributed by atoms with van der Waals surface area (Å²) < 4.78 is 22.6. The van der Waals surface area contributed by atoms with Crippen molar-refractivity contribution in [2.24, 2.45) is 10.9 Å². The highest BCUT2D eigenvalue weighted by Gasteiger charge is 2.13. The van der Waals surface area contributed by atoms with E-state index in [1.54, 1.807) is 79.1 Å². The number of benzene rings is 3. The molecule has 15 heteroatoms. The van der Waals surface area contributed by atoms with Gasteiger partial charge in [-0.1, -0.05) is 52.6 Å². The van der Waals surface area contributed by atoms with E-state index in [4.69, 9.17) is 34.1 Å². The summed E-state index contributed by atoms with van der Waals surface area (Å²) in [5.41, 5.74) is 11.2. The molecule has 0 aliphatic carbocycles. The van der Waals surface area contributed by atoms with Crippen molar-refractivity contribution in [3.05, 3.63) is 160 Å². The smallest absolute Gasteiger partial charge is 0.257 e. The maximum absolute atomic E-state index is 12.4. The van der Waals surface area contributed by atoms with Crippen molar-refractivity contribution in [3.8, 4) is 22.5 Å². The van der Waals surface area contributed by atoms with Crippen LogP contribution in [-0.4, -0.2) is 52.5 Å². The second kappa shape index (κ2) is 17.4. The zero-order chi connectivity index (χ0) is 38.0. The van der Waals surface area contributed by atoms with Gasteiger partial charge in [0.05, 0.1) is 38.4 Å². The molecule has 5 N–H and O–H groups in total. The first-order valence-corrected chi connectivity index (χ1v) is 18.5. The molecule has 0 bridgehead atoms. The Labute approximate surface area is 315 Å². The molecule has 0 atom stereocenters. The van der Waals surface area contributed by atoms with Crippen molar-refractivity contribution in [3.63, 3.8) is 0 Å². The summed E-state index contributed by atoms with van der Waals surface area (Å²) in [6.45, 7) is 0. The van der Waals surface area contributed by atoms with Gasteiger partial charge in [-0.25, -0.2) is 8.42 Å². The van der Waals surface area contributed by atoms with Gasteiger partial charge in [-0.15, -0.1) is 0 Å². The fourth-order valence-electron chi connectivity index (χ4n) is 4.81. The number of aromatic nitrogens is 3. The molecule has 0 fully saturated rings. The molecule has 53 heavy (non-hydrogen) atoms. The number of amides is 2.